The second-order valence-electron chi connectivity index (χ2n) is 6.94. The lowest BCUT2D eigenvalue weighted by Gasteiger charge is -2.22. The van der Waals surface area contributed by atoms with Crippen molar-refractivity contribution in [3.8, 4) is 11.5 Å². The molecule has 0 bridgehead atoms. The fraction of sp³-hybridized carbons (Fsp3) is 0.429. The van der Waals surface area contributed by atoms with E-state index in [1.54, 1.807) is 24.4 Å². The lowest BCUT2D eigenvalue weighted by Crippen LogP contribution is -2.32. The molecule has 0 spiro atoms. The number of halogens is 3. The van der Waals surface area contributed by atoms with Crippen molar-refractivity contribution in [3.63, 3.8) is 0 Å². The molecule has 0 unspecified atom stereocenters. The van der Waals surface area contributed by atoms with Gasteiger partial charge in [0.2, 0.25) is 0 Å². The highest BCUT2D eigenvalue weighted by Gasteiger charge is 2.31. The molecule has 30 heavy (non-hydrogen) atoms. The van der Waals surface area contributed by atoms with Gasteiger partial charge in [-0.15, -0.1) is 13.2 Å². The summed E-state index contributed by atoms with van der Waals surface area (Å²) in [4.78, 5) is 16.4. The van der Waals surface area contributed by atoms with Crippen molar-refractivity contribution >= 4 is 5.91 Å². The number of amides is 1. The second kappa shape index (κ2) is 10.3. The van der Waals surface area contributed by atoms with Crippen molar-refractivity contribution in [3.05, 3.63) is 53.9 Å². The van der Waals surface area contributed by atoms with E-state index in [-0.39, 0.29) is 24.0 Å². The Morgan fingerprint density at radius 2 is 1.93 bits per heavy atom. The molecule has 1 aliphatic heterocycles. The molecule has 162 valence electrons. The highest BCUT2D eigenvalue weighted by molar-refractivity contribution is 5.92. The van der Waals surface area contributed by atoms with Gasteiger partial charge in [0, 0.05) is 38.4 Å². The summed E-state index contributed by atoms with van der Waals surface area (Å²) >= 11 is 0. The van der Waals surface area contributed by atoms with Gasteiger partial charge in [-0.25, -0.2) is 0 Å². The maximum atomic E-state index is 12.3. The van der Waals surface area contributed by atoms with Crippen LogP contribution in [0.2, 0.25) is 0 Å². The molecule has 0 saturated carbocycles. The number of aromatic nitrogens is 1. The summed E-state index contributed by atoms with van der Waals surface area (Å²) in [7, 11) is 0. The van der Waals surface area contributed by atoms with Gasteiger partial charge in [-0.3, -0.25) is 9.78 Å². The van der Waals surface area contributed by atoms with E-state index in [9.17, 15) is 18.0 Å². The Balaban J connectivity index is 1.43. The van der Waals surface area contributed by atoms with E-state index >= 15 is 0 Å². The third-order valence-electron chi connectivity index (χ3n) is 4.65. The van der Waals surface area contributed by atoms with Crippen LogP contribution >= 0.6 is 0 Å². The van der Waals surface area contributed by atoms with Crippen LogP contribution in [-0.2, 0) is 11.2 Å². The first-order valence-electron chi connectivity index (χ1n) is 9.68. The van der Waals surface area contributed by atoms with Crippen LogP contribution < -0.4 is 14.8 Å². The molecule has 1 fully saturated rings. The SMILES string of the molecule is O=C(NCC1CCOCC1)c1ccc(CCOc2cccc(OC(F)(F)F)c2)cn1. The van der Waals surface area contributed by atoms with Crippen LogP contribution in [0.4, 0.5) is 13.2 Å². The Morgan fingerprint density at radius 1 is 1.17 bits per heavy atom. The van der Waals surface area contributed by atoms with Crippen molar-refractivity contribution in [2.45, 2.75) is 25.6 Å². The van der Waals surface area contributed by atoms with Gasteiger partial charge >= 0.3 is 6.36 Å². The molecule has 1 aliphatic rings. The van der Waals surface area contributed by atoms with Crippen LogP contribution in [0, 0.1) is 5.92 Å². The third-order valence-corrected chi connectivity index (χ3v) is 4.65. The number of alkyl halides is 3. The van der Waals surface area contributed by atoms with E-state index in [4.69, 9.17) is 9.47 Å². The van der Waals surface area contributed by atoms with Gasteiger partial charge in [0.15, 0.2) is 0 Å². The molecular formula is C21H23F3N2O4. The highest BCUT2D eigenvalue weighted by Crippen LogP contribution is 2.26. The normalized spacial score (nSPS) is 14.9. The van der Waals surface area contributed by atoms with Crippen molar-refractivity contribution in [1.29, 1.82) is 0 Å². The Kier molecular flexibility index (Phi) is 7.51. The fourth-order valence-electron chi connectivity index (χ4n) is 3.03. The van der Waals surface area contributed by atoms with Gasteiger partial charge in [0.1, 0.15) is 17.2 Å². The minimum absolute atomic E-state index is 0.217. The molecular weight excluding hydrogens is 401 g/mol. The van der Waals surface area contributed by atoms with Crippen molar-refractivity contribution in [2.24, 2.45) is 5.92 Å². The highest BCUT2D eigenvalue weighted by atomic mass is 19.4. The summed E-state index contributed by atoms with van der Waals surface area (Å²) in [5.41, 5.74) is 1.18. The smallest absolute Gasteiger partial charge is 0.493 e. The van der Waals surface area contributed by atoms with Crippen molar-refractivity contribution in [2.75, 3.05) is 26.4 Å². The van der Waals surface area contributed by atoms with Crippen LogP contribution in [0.25, 0.3) is 0 Å². The number of hydrogen-bond acceptors (Lipinski definition) is 5. The molecule has 9 heteroatoms. The summed E-state index contributed by atoms with van der Waals surface area (Å²) in [5.74, 6) is 0.150. The number of benzene rings is 1. The number of nitrogens with zero attached hydrogens (tertiary/aromatic N) is 1. The minimum atomic E-state index is -4.75. The number of nitrogens with one attached hydrogen (secondary N) is 1. The molecule has 1 aromatic carbocycles. The summed E-state index contributed by atoms with van der Waals surface area (Å²) in [5, 5.41) is 2.90. The first kappa shape index (κ1) is 21.9. The average molecular weight is 424 g/mol. The van der Waals surface area contributed by atoms with Gasteiger partial charge in [-0.1, -0.05) is 12.1 Å². The molecule has 1 N–H and O–H groups in total. The number of carbonyl (C=O) groups excluding carboxylic acids is 1. The second-order valence-corrected chi connectivity index (χ2v) is 6.94. The molecule has 0 radical (unpaired) electrons. The van der Waals surface area contributed by atoms with E-state index in [1.807, 2.05) is 0 Å². The van der Waals surface area contributed by atoms with Gasteiger partial charge in [-0.2, -0.15) is 0 Å². The van der Waals surface area contributed by atoms with Crippen molar-refractivity contribution in [1.82, 2.24) is 10.3 Å². The molecule has 2 aromatic rings. The lowest BCUT2D eigenvalue weighted by atomic mass is 10.0. The largest absolute Gasteiger partial charge is 0.573 e. The molecule has 2 heterocycles. The lowest BCUT2D eigenvalue weighted by molar-refractivity contribution is -0.274. The predicted octanol–water partition coefficient (Wildman–Crippen LogP) is 3.76. The molecule has 1 aromatic heterocycles. The Hall–Kier alpha value is -2.81. The van der Waals surface area contributed by atoms with Crippen LogP contribution in [-0.4, -0.2) is 43.6 Å². The zero-order valence-electron chi connectivity index (χ0n) is 16.3. The first-order valence-corrected chi connectivity index (χ1v) is 9.68. The molecule has 1 amide bonds. The third kappa shape index (κ3) is 7.22. The maximum Gasteiger partial charge on any atom is 0.573 e. The Morgan fingerprint density at radius 3 is 2.63 bits per heavy atom. The Labute approximate surface area is 172 Å². The van der Waals surface area contributed by atoms with E-state index in [0.717, 1.165) is 31.6 Å². The zero-order valence-corrected chi connectivity index (χ0v) is 16.3. The van der Waals surface area contributed by atoms with E-state index in [1.165, 1.54) is 18.2 Å². The fourth-order valence-corrected chi connectivity index (χ4v) is 3.03. The monoisotopic (exact) mass is 424 g/mol. The molecule has 1 saturated heterocycles. The minimum Gasteiger partial charge on any atom is -0.493 e. The van der Waals surface area contributed by atoms with Gasteiger partial charge in [0.25, 0.3) is 5.91 Å². The zero-order chi connectivity index (χ0) is 21.4. The number of ether oxygens (including phenoxy) is 3. The maximum absolute atomic E-state index is 12.3. The van der Waals surface area contributed by atoms with Gasteiger partial charge < -0.3 is 19.5 Å². The summed E-state index contributed by atoms with van der Waals surface area (Å²) in [6.07, 6.45) is -0.782. The van der Waals surface area contributed by atoms with Crippen LogP contribution in [0.1, 0.15) is 28.9 Å². The summed E-state index contributed by atoms with van der Waals surface area (Å²) in [6, 6.07) is 8.78. The van der Waals surface area contributed by atoms with E-state index in [0.29, 0.717) is 24.6 Å². The van der Waals surface area contributed by atoms with Crippen LogP contribution in [0.5, 0.6) is 11.5 Å². The van der Waals surface area contributed by atoms with E-state index < -0.39 is 6.36 Å². The average Bonchev–Trinajstić information content (AvgIpc) is 2.72. The molecule has 0 aliphatic carbocycles. The number of carbonyl (C=O) groups is 1. The van der Waals surface area contributed by atoms with Crippen LogP contribution in [0.3, 0.4) is 0 Å². The topological polar surface area (TPSA) is 69.7 Å². The van der Waals surface area contributed by atoms with Gasteiger partial charge in [0.05, 0.1) is 6.61 Å². The summed E-state index contributed by atoms with van der Waals surface area (Å²) in [6.45, 7) is 2.31. The molecule has 6 nitrogen and oxygen atoms in total. The molecule has 3 rings (SSSR count). The standard InChI is InChI=1S/C21H23F3N2O4/c22-21(23,24)30-18-3-1-2-17(12-18)29-11-8-15-4-5-19(25-13-15)20(27)26-14-16-6-9-28-10-7-16/h1-5,12-13,16H,6-11,14H2,(H,26,27). The molecule has 0 atom stereocenters. The Bertz CT molecular complexity index is 822. The number of pyridine rings is 1. The number of rotatable bonds is 8. The van der Waals surface area contributed by atoms with Crippen LogP contribution in [0.15, 0.2) is 42.6 Å². The quantitative estimate of drug-likeness (QED) is 0.699. The van der Waals surface area contributed by atoms with E-state index in [2.05, 4.69) is 15.0 Å². The van der Waals surface area contributed by atoms with Gasteiger partial charge in [-0.05, 0) is 42.5 Å². The van der Waals surface area contributed by atoms with Crippen molar-refractivity contribution < 1.29 is 32.2 Å². The first-order chi connectivity index (χ1) is 14.4. The number of hydrogen-bond donors (Lipinski definition) is 1. The predicted molar refractivity (Wildman–Crippen MR) is 102 cm³/mol. The summed E-state index contributed by atoms with van der Waals surface area (Å²) < 4.78 is 51.5.